The lowest BCUT2D eigenvalue weighted by Crippen LogP contribution is -2.34. The van der Waals surface area contributed by atoms with Crippen LogP contribution in [0.1, 0.15) is 31.2 Å². The van der Waals surface area contributed by atoms with E-state index in [2.05, 4.69) is 10.6 Å². The summed E-state index contributed by atoms with van der Waals surface area (Å²) in [6, 6.07) is 7.77. The summed E-state index contributed by atoms with van der Waals surface area (Å²) in [6.07, 6.45) is 0.836. The molecule has 0 fully saturated rings. The molecule has 1 amide bonds. The number of carbonyl (C=O) groups is 2. The Morgan fingerprint density at radius 3 is 2.90 bits per heavy atom. The fraction of sp³-hybridized carbons (Fsp3) is 0.467. The summed E-state index contributed by atoms with van der Waals surface area (Å²) in [4.78, 5) is 22.9. The van der Waals surface area contributed by atoms with Crippen molar-refractivity contribution in [3.63, 3.8) is 0 Å². The van der Waals surface area contributed by atoms with Crippen molar-refractivity contribution in [3.8, 4) is 0 Å². The molecule has 0 aromatic heterocycles. The SMILES string of the molecule is CCC(CNC(=O)C1CNc2ccccc21)CC(=O)O. The zero-order chi connectivity index (χ0) is 14.5. The molecule has 0 saturated heterocycles. The molecule has 108 valence electrons. The summed E-state index contributed by atoms with van der Waals surface area (Å²) in [5, 5.41) is 14.9. The third-order valence-corrected chi connectivity index (χ3v) is 3.75. The topological polar surface area (TPSA) is 78.4 Å². The number of rotatable bonds is 6. The van der Waals surface area contributed by atoms with Crippen LogP contribution in [0.3, 0.4) is 0 Å². The standard InChI is InChI=1S/C15H20N2O3/c1-2-10(7-14(18)19)8-17-15(20)12-9-16-13-6-4-3-5-11(12)13/h3-6,10,12,16H,2,7-9H2,1H3,(H,17,20)(H,18,19). The molecule has 1 aromatic rings. The van der Waals surface area contributed by atoms with Crippen LogP contribution in [0.2, 0.25) is 0 Å². The fourth-order valence-corrected chi connectivity index (χ4v) is 2.49. The van der Waals surface area contributed by atoms with E-state index in [1.54, 1.807) is 0 Å². The highest BCUT2D eigenvalue weighted by atomic mass is 16.4. The number of nitrogens with one attached hydrogen (secondary N) is 2. The number of carbonyl (C=O) groups excluding carboxylic acids is 1. The van der Waals surface area contributed by atoms with Gasteiger partial charge >= 0.3 is 5.97 Å². The summed E-state index contributed by atoms with van der Waals surface area (Å²) in [5.41, 5.74) is 2.02. The highest BCUT2D eigenvalue weighted by molar-refractivity contribution is 5.88. The molecular formula is C15H20N2O3. The molecule has 2 atom stereocenters. The molecular weight excluding hydrogens is 256 g/mol. The van der Waals surface area contributed by atoms with Crippen molar-refractivity contribution >= 4 is 17.6 Å². The lowest BCUT2D eigenvalue weighted by molar-refractivity contribution is -0.138. The van der Waals surface area contributed by atoms with Gasteiger partial charge < -0.3 is 15.7 Å². The Balaban J connectivity index is 1.91. The summed E-state index contributed by atoms with van der Waals surface area (Å²) < 4.78 is 0. The number of aliphatic carboxylic acids is 1. The molecule has 1 aliphatic heterocycles. The maximum absolute atomic E-state index is 12.2. The van der Waals surface area contributed by atoms with Crippen molar-refractivity contribution in [2.45, 2.75) is 25.7 Å². The van der Waals surface area contributed by atoms with Crippen LogP contribution in [0.4, 0.5) is 5.69 Å². The third kappa shape index (κ3) is 3.29. The van der Waals surface area contributed by atoms with Gasteiger partial charge in [0.1, 0.15) is 0 Å². The first-order chi connectivity index (χ1) is 9.61. The predicted octanol–water partition coefficient (Wildman–Crippen LogP) is 1.81. The third-order valence-electron chi connectivity index (χ3n) is 3.75. The van der Waals surface area contributed by atoms with Gasteiger partial charge in [-0.25, -0.2) is 0 Å². The molecule has 1 aliphatic rings. The average molecular weight is 276 g/mol. The monoisotopic (exact) mass is 276 g/mol. The average Bonchev–Trinajstić information content (AvgIpc) is 2.86. The van der Waals surface area contributed by atoms with Gasteiger partial charge in [-0.2, -0.15) is 0 Å². The Bertz CT molecular complexity index is 502. The molecule has 3 N–H and O–H groups in total. The van der Waals surface area contributed by atoms with Gasteiger partial charge in [0.2, 0.25) is 5.91 Å². The summed E-state index contributed by atoms with van der Waals surface area (Å²) in [6.45, 7) is 2.95. The molecule has 0 saturated carbocycles. The van der Waals surface area contributed by atoms with Crippen LogP contribution in [0.25, 0.3) is 0 Å². The van der Waals surface area contributed by atoms with E-state index in [1.165, 1.54) is 0 Å². The van der Waals surface area contributed by atoms with Crippen LogP contribution in [-0.4, -0.2) is 30.1 Å². The van der Waals surface area contributed by atoms with E-state index in [9.17, 15) is 9.59 Å². The van der Waals surface area contributed by atoms with E-state index in [0.717, 1.165) is 17.7 Å². The number of hydrogen-bond acceptors (Lipinski definition) is 3. The number of carboxylic acid groups (broad SMARTS) is 1. The largest absolute Gasteiger partial charge is 0.481 e. The van der Waals surface area contributed by atoms with Crippen molar-refractivity contribution < 1.29 is 14.7 Å². The fourth-order valence-electron chi connectivity index (χ4n) is 2.49. The Kier molecular flexibility index (Phi) is 4.61. The first-order valence-electron chi connectivity index (χ1n) is 6.94. The number of benzene rings is 1. The molecule has 0 aliphatic carbocycles. The van der Waals surface area contributed by atoms with Crippen LogP contribution in [0.15, 0.2) is 24.3 Å². The van der Waals surface area contributed by atoms with Gasteiger partial charge in [-0.15, -0.1) is 0 Å². The minimum atomic E-state index is -0.820. The maximum Gasteiger partial charge on any atom is 0.303 e. The minimum Gasteiger partial charge on any atom is -0.481 e. The number of anilines is 1. The van der Waals surface area contributed by atoms with Gasteiger partial charge in [0, 0.05) is 25.2 Å². The maximum atomic E-state index is 12.2. The number of hydrogen-bond donors (Lipinski definition) is 3. The van der Waals surface area contributed by atoms with Crippen molar-refractivity contribution in [1.29, 1.82) is 0 Å². The first kappa shape index (κ1) is 14.4. The molecule has 5 nitrogen and oxygen atoms in total. The molecule has 0 radical (unpaired) electrons. The van der Waals surface area contributed by atoms with Gasteiger partial charge in [0.15, 0.2) is 0 Å². The van der Waals surface area contributed by atoms with E-state index < -0.39 is 5.97 Å². The van der Waals surface area contributed by atoms with Crippen LogP contribution in [0.5, 0.6) is 0 Å². The number of carboxylic acids is 1. The van der Waals surface area contributed by atoms with Crippen LogP contribution in [0, 0.1) is 5.92 Å². The lowest BCUT2D eigenvalue weighted by Gasteiger charge is -2.16. The zero-order valence-corrected chi connectivity index (χ0v) is 11.6. The minimum absolute atomic E-state index is 0.0129. The summed E-state index contributed by atoms with van der Waals surface area (Å²) in [5.74, 6) is -1.06. The highest BCUT2D eigenvalue weighted by Gasteiger charge is 2.28. The van der Waals surface area contributed by atoms with E-state index in [1.807, 2.05) is 31.2 Å². The second-order valence-electron chi connectivity index (χ2n) is 5.14. The highest BCUT2D eigenvalue weighted by Crippen LogP contribution is 2.30. The number of fused-ring (bicyclic) bond motifs is 1. The molecule has 0 spiro atoms. The molecule has 1 heterocycles. The predicted molar refractivity (Wildman–Crippen MR) is 76.7 cm³/mol. The van der Waals surface area contributed by atoms with Crippen LogP contribution in [-0.2, 0) is 9.59 Å². The van der Waals surface area contributed by atoms with E-state index >= 15 is 0 Å². The first-order valence-corrected chi connectivity index (χ1v) is 6.94. The van der Waals surface area contributed by atoms with Crippen molar-refractivity contribution in [2.75, 3.05) is 18.4 Å². The molecule has 20 heavy (non-hydrogen) atoms. The van der Waals surface area contributed by atoms with Gasteiger partial charge in [-0.3, -0.25) is 9.59 Å². The molecule has 2 rings (SSSR count). The Hall–Kier alpha value is -2.04. The number of amides is 1. The number of para-hydroxylation sites is 1. The molecule has 2 unspecified atom stereocenters. The second-order valence-corrected chi connectivity index (χ2v) is 5.14. The Labute approximate surface area is 118 Å². The van der Waals surface area contributed by atoms with Crippen molar-refractivity contribution in [3.05, 3.63) is 29.8 Å². The van der Waals surface area contributed by atoms with Crippen LogP contribution < -0.4 is 10.6 Å². The Morgan fingerprint density at radius 2 is 2.20 bits per heavy atom. The summed E-state index contributed by atoms with van der Waals surface area (Å²) >= 11 is 0. The second kappa shape index (κ2) is 6.41. The van der Waals surface area contributed by atoms with Gasteiger partial charge in [-0.05, 0) is 17.5 Å². The normalized spacial score (nSPS) is 17.9. The zero-order valence-electron chi connectivity index (χ0n) is 11.6. The van der Waals surface area contributed by atoms with E-state index in [4.69, 9.17) is 5.11 Å². The van der Waals surface area contributed by atoms with Crippen molar-refractivity contribution in [2.24, 2.45) is 5.92 Å². The summed E-state index contributed by atoms with van der Waals surface area (Å²) in [7, 11) is 0. The Morgan fingerprint density at radius 1 is 1.45 bits per heavy atom. The van der Waals surface area contributed by atoms with E-state index in [-0.39, 0.29) is 24.2 Å². The molecule has 1 aromatic carbocycles. The molecule has 5 heteroatoms. The van der Waals surface area contributed by atoms with Gasteiger partial charge in [0.25, 0.3) is 0 Å². The molecule has 0 bridgehead atoms. The lowest BCUT2D eigenvalue weighted by atomic mass is 9.99. The smallest absolute Gasteiger partial charge is 0.303 e. The van der Waals surface area contributed by atoms with Gasteiger partial charge in [0.05, 0.1) is 5.92 Å². The van der Waals surface area contributed by atoms with Crippen LogP contribution >= 0.6 is 0 Å². The van der Waals surface area contributed by atoms with Crippen molar-refractivity contribution in [1.82, 2.24) is 5.32 Å². The van der Waals surface area contributed by atoms with Gasteiger partial charge in [-0.1, -0.05) is 31.5 Å². The van der Waals surface area contributed by atoms with E-state index in [0.29, 0.717) is 13.1 Å². The quantitative estimate of drug-likeness (QED) is 0.740.